The Morgan fingerprint density at radius 3 is 2.45 bits per heavy atom. The van der Waals surface area contributed by atoms with Crippen molar-refractivity contribution < 1.29 is 32.2 Å². The van der Waals surface area contributed by atoms with Crippen LogP contribution in [-0.2, 0) is 14.8 Å². The smallest absolute Gasteiger partial charge is 0.430 e. The van der Waals surface area contributed by atoms with Crippen LogP contribution in [0.1, 0.15) is 26.3 Å². The fourth-order valence-electron chi connectivity index (χ4n) is 3.53. The summed E-state index contributed by atoms with van der Waals surface area (Å²) in [5, 5.41) is 22.6. The number of carbonyl (C=O) groups excluding carboxylic acids is 1. The molecule has 12 nitrogen and oxygen atoms in total. The average molecular weight is 639 g/mol. The summed E-state index contributed by atoms with van der Waals surface area (Å²) in [7, 11) is -1.78. The molecular formula is C26H28ClFN6O6S2. The van der Waals surface area contributed by atoms with Gasteiger partial charge in [0, 0.05) is 38.6 Å². The summed E-state index contributed by atoms with van der Waals surface area (Å²) >= 11 is 7.45. The van der Waals surface area contributed by atoms with E-state index in [0.717, 1.165) is 28.4 Å². The van der Waals surface area contributed by atoms with Gasteiger partial charge in [0.05, 0.1) is 39.2 Å². The zero-order valence-corrected chi connectivity index (χ0v) is 25.6. The Hall–Kier alpha value is -4.13. The molecule has 0 radical (unpaired) electrons. The van der Waals surface area contributed by atoms with Gasteiger partial charge in [-0.2, -0.15) is 5.26 Å². The van der Waals surface area contributed by atoms with Crippen molar-refractivity contribution in [3.63, 3.8) is 0 Å². The van der Waals surface area contributed by atoms with Gasteiger partial charge in [0.2, 0.25) is 0 Å². The number of amides is 2. The number of ether oxygens (including phenoxy) is 1. The minimum atomic E-state index is -4.87. The van der Waals surface area contributed by atoms with Gasteiger partial charge in [-0.25, -0.2) is 27.4 Å². The Balaban J connectivity index is 2.00. The number of hydrogen-bond donors (Lipinski definition) is 2. The molecule has 0 fully saturated rings. The highest BCUT2D eigenvalue weighted by molar-refractivity contribution is 7.93. The van der Waals surface area contributed by atoms with Crippen molar-refractivity contribution in [3.8, 4) is 6.07 Å². The molecule has 0 spiro atoms. The van der Waals surface area contributed by atoms with E-state index >= 15 is 4.39 Å². The zero-order valence-electron chi connectivity index (χ0n) is 23.3. The lowest BCUT2D eigenvalue weighted by Gasteiger charge is -2.26. The summed E-state index contributed by atoms with van der Waals surface area (Å²) in [5.74, 6) is -1.48. The molecule has 0 saturated heterocycles. The van der Waals surface area contributed by atoms with Crippen molar-refractivity contribution in [1.29, 1.82) is 5.26 Å². The first kappa shape index (κ1) is 32.4. The van der Waals surface area contributed by atoms with Crippen molar-refractivity contribution in [3.05, 3.63) is 57.6 Å². The standard InChI is InChI=1S/C26H28ClFN6O6S2/c1-26(2,3)40-25(37)34(23-14-41-15-30-23)42(38,39)22-11-17(27)20(12-18(22)28)31-19-7-6-16(13-29)10-21(19)32(4)8-9-33(5)24(35)36/h6-7,10-12,14-15,31H,8-9H2,1-5H3,(H,35,36). The Morgan fingerprint density at radius 1 is 1.19 bits per heavy atom. The van der Waals surface area contributed by atoms with Gasteiger partial charge in [0.1, 0.15) is 16.3 Å². The molecule has 2 N–H and O–H groups in total. The Labute approximate surface area is 251 Å². The van der Waals surface area contributed by atoms with E-state index in [0.29, 0.717) is 16.9 Å². The molecule has 0 aliphatic rings. The predicted octanol–water partition coefficient (Wildman–Crippen LogP) is 5.73. The summed E-state index contributed by atoms with van der Waals surface area (Å²) < 4.78 is 48.2. The number of likely N-dealkylation sites (N-methyl/N-ethyl adjacent to an activating group) is 2. The molecule has 0 aliphatic heterocycles. The Morgan fingerprint density at radius 2 is 1.88 bits per heavy atom. The van der Waals surface area contributed by atoms with Gasteiger partial charge in [0.25, 0.3) is 10.0 Å². The largest absolute Gasteiger partial charge is 0.465 e. The van der Waals surface area contributed by atoms with E-state index in [9.17, 15) is 23.3 Å². The van der Waals surface area contributed by atoms with Crippen molar-refractivity contribution >= 4 is 68.0 Å². The number of thiazole rings is 1. The molecular weight excluding hydrogens is 611 g/mol. The first-order chi connectivity index (χ1) is 19.5. The number of nitrogens with zero attached hydrogens (tertiary/aromatic N) is 5. The van der Waals surface area contributed by atoms with Gasteiger partial charge in [-0.05, 0) is 45.0 Å². The molecule has 3 rings (SSSR count). The highest BCUT2D eigenvalue weighted by Crippen LogP contribution is 2.36. The SMILES string of the molecule is CN(CCN(C)c1cc(C#N)ccc1Nc1cc(F)c(S(=O)(=O)N(C(=O)OC(C)(C)C)c2cscn2)cc1Cl)C(=O)O. The summed E-state index contributed by atoms with van der Waals surface area (Å²) in [6, 6.07) is 8.38. The minimum Gasteiger partial charge on any atom is -0.465 e. The molecule has 0 bridgehead atoms. The van der Waals surface area contributed by atoms with E-state index < -0.39 is 38.5 Å². The second-order valence-corrected chi connectivity index (χ2v) is 12.8. The number of benzene rings is 2. The number of aromatic nitrogens is 1. The molecule has 2 amide bonds. The van der Waals surface area contributed by atoms with Crippen LogP contribution in [0.15, 0.2) is 46.1 Å². The lowest BCUT2D eigenvalue weighted by atomic mass is 10.1. The highest BCUT2D eigenvalue weighted by atomic mass is 35.5. The van der Waals surface area contributed by atoms with Crippen molar-refractivity contribution in [2.45, 2.75) is 31.3 Å². The lowest BCUT2D eigenvalue weighted by molar-refractivity contribution is 0.0608. The van der Waals surface area contributed by atoms with Gasteiger partial charge < -0.3 is 25.0 Å². The highest BCUT2D eigenvalue weighted by Gasteiger charge is 2.38. The average Bonchev–Trinajstić information content (AvgIpc) is 3.41. The van der Waals surface area contributed by atoms with Crippen LogP contribution in [0.4, 0.5) is 36.9 Å². The molecule has 0 unspecified atom stereocenters. The van der Waals surface area contributed by atoms with Crippen LogP contribution in [0.25, 0.3) is 0 Å². The van der Waals surface area contributed by atoms with Crippen LogP contribution in [0, 0.1) is 17.1 Å². The number of nitriles is 1. The third kappa shape index (κ3) is 7.58. The maximum absolute atomic E-state index is 15.5. The molecule has 1 heterocycles. The third-order valence-electron chi connectivity index (χ3n) is 5.63. The number of nitrogens with one attached hydrogen (secondary N) is 1. The summed E-state index contributed by atoms with van der Waals surface area (Å²) in [6.07, 6.45) is -2.38. The molecule has 3 aromatic rings. The van der Waals surface area contributed by atoms with Gasteiger partial charge in [-0.15, -0.1) is 15.6 Å². The fourth-order valence-corrected chi connectivity index (χ4v) is 5.74. The Kier molecular flexibility index (Phi) is 9.87. The molecule has 224 valence electrons. The number of halogens is 2. The normalized spacial score (nSPS) is 11.4. The summed E-state index contributed by atoms with van der Waals surface area (Å²) in [5.41, 5.74) is 1.42. The van der Waals surface area contributed by atoms with Crippen LogP contribution in [0.3, 0.4) is 0 Å². The van der Waals surface area contributed by atoms with Gasteiger partial charge >= 0.3 is 12.2 Å². The van der Waals surface area contributed by atoms with E-state index in [4.69, 9.17) is 21.4 Å². The number of hydrogen-bond acceptors (Lipinski definition) is 10. The number of anilines is 4. The van der Waals surface area contributed by atoms with Crippen molar-refractivity contribution in [2.24, 2.45) is 0 Å². The van der Waals surface area contributed by atoms with E-state index in [-0.39, 0.29) is 33.9 Å². The fraction of sp³-hybridized carbons (Fsp3) is 0.308. The quantitative estimate of drug-likeness (QED) is 0.297. The topological polar surface area (TPSA) is 156 Å². The van der Waals surface area contributed by atoms with E-state index in [2.05, 4.69) is 10.3 Å². The molecule has 16 heteroatoms. The first-order valence-corrected chi connectivity index (χ1v) is 14.9. The monoisotopic (exact) mass is 638 g/mol. The number of carbonyl (C=O) groups is 2. The van der Waals surface area contributed by atoms with Crippen LogP contribution >= 0.6 is 22.9 Å². The van der Waals surface area contributed by atoms with E-state index in [1.807, 2.05) is 6.07 Å². The van der Waals surface area contributed by atoms with Crippen molar-refractivity contribution in [1.82, 2.24) is 9.88 Å². The van der Waals surface area contributed by atoms with Gasteiger partial charge in [-0.1, -0.05) is 11.6 Å². The van der Waals surface area contributed by atoms with Crippen molar-refractivity contribution in [2.75, 3.05) is 41.7 Å². The van der Waals surface area contributed by atoms with Gasteiger partial charge in [0.15, 0.2) is 5.82 Å². The third-order valence-corrected chi connectivity index (χ3v) is 8.20. The minimum absolute atomic E-state index is 0.00685. The molecule has 0 atom stereocenters. The maximum atomic E-state index is 15.5. The summed E-state index contributed by atoms with van der Waals surface area (Å²) in [6.45, 7) is 5.05. The first-order valence-electron chi connectivity index (χ1n) is 12.2. The Bertz CT molecular complexity index is 1620. The molecule has 42 heavy (non-hydrogen) atoms. The predicted molar refractivity (Wildman–Crippen MR) is 158 cm³/mol. The molecule has 0 saturated carbocycles. The molecule has 2 aromatic carbocycles. The second kappa shape index (κ2) is 12.8. The van der Waals surface area contributed by atoms with Crippen LogP contribution in [0.2, 0.25) is 5.02 Å². The zero-order chi connectivity index (χ0) is 31.4. The number of rotatable bonds is 9. The molecule has 0 aliphatic carbocycles. The number of sulfonamides is 1. The van der Waals surface area contributed by atoms with Gasteiger partial charge in [-0.3, -0.25) is 0 Å². The second-order valence-electron chi connectivity index (χ2n) is 9.95. The van der Waals surface area contributed by atoms with E-state index in [1.165, 1.54) is 24.0 Å². The summed E-state index contributed by atoms with van der Waals surface area (Å²) in [4.78, 5) is 29.9. The molecule has 1 aromatic heterocycles. The number of carboxylic acid groups (broad SMARTS) is 1. The lowest BCUT2D eigenvalue weighted by Crippen LogP contribution is -2.41. The maximum Gasteiger partial charge on any atom is 0.430 e. The van der Waals surface area contributed by atoms with Crippen LogP contribution < -0.4 is 14.5 Å². The van der Waals surface area contributed by atoms with Crippen LogP contribution in [-0.4, -0.2) is 68.4 Å². The van der Waals surface area contributed by atoms with Crippen LogP contribution in [0.5, 0.6) is 0 Å². The van der Waals surface area contributed by atoms with E-state index in [1.54, 1.807) is 44.9 Å².